The molecule has 2 aromatic carbocycles. The zero-order chi connectivity index (χ0) is 20.1. The van der Waals surface area contributed by atoms with Crippen molar-refractivity contribution >= 4 is 28.3 Å². The third-order valence-electron chi connectivity index (χ3n) is 4.66. The summed E-state index contributed by atoms with van der Waals surface area (Å²) in [6.45, 7) is 4.28. The van der Waals surface area contributed by atoms with Gasteiger partial charge in [0.25, 0.3) is 0 Å². The zero-order valence-electron chi connectivity index (χ0n) is 16.3. The van der Waals surface area contributed by atoms with Gasteiger partial charge >= 0.3 is 0 Å². The third kappa shape index (κ3) is 4.40. The van der Waals surface area contributed by atoms with Crippen LogP contribution in [-0.2, 0) is 4.79 Å². The van der Waals surface area contributed by atoms with Gasteiger partial charge in [0.05, 0.1) is 11.7 Å². The molecular formula is C22H24N2O4. The van der Waals surface area contributed by atoms with Crippen molar-refractivity contribution in [3.63, 3.8) is 0 Å². The number of ether oxygens (including phenoxy) is 1. The molecule has 3 aromatic rings. The second-order valence-electron chi connectivity index (χ2n) is 6.67. The number of hydrogen-bond acceptors (Lipinski definition) is 5. The lowest BCUT2D eigenvalue weighted by atomic mass is 10.2. The van der Waals surface area contributed by atoms with Crippen LogP contribution >= 0.6 is 0 Å². The monoisotopic (exact) mass is 380 g/mol. The SMILES string of the molecule is CC(=O)c1oc2ccccc2c1NC(=O)C(C)N(C)CCOc1ccccc1. The van der Waals surface area contributed by atoms with Gasteiger partial charge in [-0.25, -0.2) is 0 Å². The first kappa shape index (κ1) is 19.6. The molecule has 1 unspecified atom stereocenters. The number of fused-ring (bicyclic) bond motifs is 1. The first-order chi connectivity index (χ1) is 13.5. The number of benzene rings is 2. The van der Waals surface area contributed by atoms with Gasteiger partial charge in [-0.2, -0.15) is 0 Å². The van der Waals surface area contributed by atoms with Crippen LogP contribution in [0.25, 0.3) is 11.0 Å². The molecule has 0 fully saturated rings. The van der Waals surface area contributed by atoms with Crippen LogP contribution in [-0.4, -0.2) is 42.8 Å². The number of para-hydroxylation sites is 2. The van der Waals surface area contributed by atoms with E-state index in [1.807, 2.05) is 67.4 Å². The average molecular weight is 380 g/mol. The molecule has 6 nitrogen and oxygen atoms in total. The number of ketones is 1. The number of amides is 1. The standard InChI is InChI=1S/C22H24N2O4/c1-15(24(3)13-14-27-17-9-5-4-6-10-17)22(26)23-20-18-11-7-8-12-19(18)28-21(20)16(2)25/h4-12,15H,13-14H2,1-3H3,(H,23,26). The lowest BCUT2D eigenvalue weighted by molar-refractivity contribution is -0.120. The van der Waals surface area contributed by atoms with Crippen molar-refractivity contribution in [2.75, 3.05) is 25.5 Å². The second kappa shape index (κ2) is 8.71. The minimum Gasteiger partial charge on any atom is -0.492 e. The van der Waals surface area contributed by atoms with Gasteiger partial charge in [0.2, 0.25) is 5.91 Å². The summed E-state index contributed by atoms with van der Waals surface area (Å²) in [6, 6.07) is 16.4. The number of nitrogens with one attached hydrogen (secondary N) is 1. The van der Waals surface area contributed by atoms with Gasteiger partial charge < -0.3 is 14.5 Å². The molecule has 1 aromatic heterocycles. The van der Waals surface area contributed by atoms with Crippen molar-refractivity contribution < 1.29 is 18.7 Å². The predicted molar refractivity (Wildman–Crippen MR) is 109 cm³/mol. The van der Waals surface area contributed by atoms with Crippen LogP contribution < -0.4 is 10.1 Å². The first-order valence-electron chi connectivity index (χ1n) is 9.18. The molecule has 3 rings (SSSR count). The van der Waals surface area contributed by atoms with Crippen LogP contribution in [0, 0.1) is 0 Å². The van der Waals surface area contributed by atoms with Crippen LogP contribution in [0.3, 0.4) is 0 Å². The molecule has 6 heteroatoms. The van der Waals surface area contributed by atoms with Crippen LogP contribution in [0.5, 0.6) is 5.75 Å². The summed E-state index contributed by atoms with van der Waals surface area (Å²) < 4.78 is 11.3. The number of nitrogens with zero attached hydrogens (tertiary/aromatic N) is 1. The molecule has 0 radical (unpaired) electrons. The second-order valence-corrected chi connectivity index (χ2v) is 6.67. The van der Waals surface area contributed by atoms with E-state index in [-0.39, 0.29) is 17.5 Å². The fraction of sp³-hybridized carbons (Fsp3) is 0.273. The smallest absolute Gasteiger partial charge is 0.241 e. The van der Waals surface area contributed by atoms with Gasteiger partial charge in [0.1, 0.15) is 17.9 Å². The molecule has 0 spiro atoms. The van der Waals surface area contributed by atoms with Crippen molar-refractivity contribution in [1.82, 2.24) is 4.90 Å². The van der Waals surface area contributed by atoms with Crippen LogP contribution in [0.1, 0.15) is 24.4 Å². The maximum absolute atomic E-state index is 12.8. The number of hydrogen-bond donors (Lipinski definition) is 1. The van der Waals surface area contributed by atoms with Crippen LogP contribution in [0.4, 0.5) is 5.69 Å². The highest BCUT2D eigenvalue weighted by atomic mass is 16.5. The Kier molecular flexibility index (Phi) is 6.11. The van der Waals surface area contributed by atoms with E-state index < -0.39 is 6.04 Å². The number of likely N-dealkylation sites (N-methyl/N-ethyl adjacent to an activating group) is 1. The highest BCUT2D eigenvalue weighted by Crippen LogP contribution is 2.31. The summed E-state index contributed by atoms with van der Waals surface area (Å²) in [6.07, 6.45) is 0. The fourth-order valence-corrected chi connectivity index (χ4v) is 2.86. The number of rotatable bonds is 8. The Morgan fingerprint density at radius 2 is 1.79 bits per heavy atom. The Hall–Kier alpha value is -3.12. The number of carbonyl (C=O) groups is 2. The van der Waals surface area contributed by atoms with E-state index in [1.165, 1.54) is 6.92 Å². The molecule has 0 aliphatic heterocycles. The molecule has 1 heterocycles. The molecular weight excluding hydrogens is 356 g/mol. The molecule has 0 bridgehead atoms. The van der Waals surface area contributed by atoms with Crippen molar-refractivity contribution in [2.24, 2.45) is 0 Å². The lowest BCUT2D eigenvalue weighted by Crippen LogP contribution is -2.41. The predicted octanol–water partition coefficient (Wildman–Crippen LogP) is 3.97. The molecule has 1 amide bonds. The zero-order valence-corrected chi connectivity index (χ0v) is 16.3. The Morgan fingerprint density at radius 1 is 1.11 bits per heavy atom. The summed E-state index contributed by atoms with van der Waals surface area (Å²) >= 11 is 0. The Balaban J connectivity index is 1.64. The van der Waals surface area contributed by atoms with Crippen molar-refractivity contribution in [1.29, 1.82) is 0 Å². The van der Waals surface area contributed by atoms with E-state index >= 15 is 0 Å². The maximum atomic E-state index is 12.8. The number of furan rings is 1. The summed E-state index contributed by atoms with van der Waals surface area (Å²) in [5, 5.41) is 3.58. The first-order valence-corrected chi connectivity index (χ1v) is 9.18. The van der Waals surface area contributed by atoms with Gasteiger partial charge in [-0.05, 0) is 38.2 Å². The summed E-state index contributed by atoms with van der Waals surface area (Å²) in [5.74, 6) is 0.515. The summed E-state index contributed by atoms with van der Waals surface area (Å²) in [5.41, 5.74) is 0.995. The van der Waals surface area contributed by atoms with E-state index in [1.54, 1.807) is 6.07 Å². The molecule has 1 N–H and O–H groups in total. The summed E-state index contributed by atoms with van der Waals surface area (Å²) in [7, 11) is 1.86. The number of Topliss-reactive ketones (excluding diaryl/α,β-unsaturated/α-hetero) is 1. The van der Waals surface area contributed by atoms with Gasteiger partial charge in [-0.3, -0.25) is 14.5 Å². The Morgan fingerprint density at radius 3 is 2.50 bits per heavy atom. The minimum atomic E-state index is -0.409. The van der Waals surface area contributed by atoms with Crippen molar-refractivity contribution in [2.45, 2.75) is 19.9 Å². The highest BCUT2D eigenvalue weighted by Gasteiger charge is 2.23. The molecule has 0 aliphatic rings. The molecule has 0 aliphatic carbocycles. The largest absolute Gasteiger partial charge is 0.492 e. The highest BCUT2D eigenvalue weighted by molar-refractivity contribution is 6.11. The van der Waals surface area contributed by atoms with E-state index in [2.05, 4.69) is 5.32 Å². The normalized spacial score (nSPS) is 12.1. The Bertz CT molecular complexity index is 965. The third-order valence-corrected chi connectivity index (χ3v) is 4.66. The molecule has 146 valence electrons. The quantitative estimate of drug-likeness (QED) is 0.599. The summed E-state index contributed by atoms with van der Waals surface area (Å²) in [4.78, 5) is 26.6. The van der Waals surface area contributed by atoms with Crippen LogP contribution in [0.2, 0.25) is 0 Å². The topological polar surface area (TPSA) is 71.8 Å². The molecule has 0 saturated heterocycles. The van der Waals surface area contributed by atoms with Crippen molar-refractivity contribution in [3.05, 3.63) is 60.4 Å². The Labute approximate surface area is 164 Å². The maximum Gasteiger partial charge on any atom is 0.241 e. The lowest BCUT2D eigenvalue weighted by Gasteiger charge is -2.23. The van der Waals surface area contributed by atoms with Gasteiger partial charge in [-0.15, -0.1) is 0 Å². The van der Waals surface area contributed by atoms with Crippen molar-refractivity contribution in [3.8, 4) is 5.75 Å². The van der Waals surface area contributed by atoms with Gasteiger partial charge in [0, 0.05) is 18.9 Å². The van der Waals surface area contributed by atoms with Gasteiger partial charge in [-0.1, -0.05) is 30.3 Å². The van der Waals surface area contributed by atoms with E-state index in [9.17, 15) is 9.59 Å². The van der Waals surface area contributed by atoms with E-state index in [0.717, 1.165) is 5.75 Å². The average Bonchev–Trinajstić information content (AvgIpc) is 3.07. The minimum absolute atomic E-state index is 0.164. The molecule has 28 heavy (non-hydrogen) atoms. The molecule has 1 atom stereocenters. The number of anilines is 1. The van der Waals surface area contributed by atoms with E-state index in [4.69, 9.17) is 9.15 Å². The van der Waals surface area contributed by atoms with E-state index in [0.29, 0.717) is 29.8 Å². The van der Waals surface area contributed by atoms with Crippen LogP contribution in [0.15, 0.2) is 59.0 Å². The van der Waals surface area contributed by atoms with Gasteiger partial charge in [0.15, 0.2) is 11.5 Å². The number of carbonyl (C=O) groups excluding carboxylic acids is 2. The molecule has 0 saturated carbocycles. The fourth-order valence-electron chi connectivity index (χ4n) is 2.86.